The number of imide groups is 1. The van der Waals surface area contributed by atoms with Crippen molar-refractivity contribution in [1.29, 1.82) is 5.26 Å². The summed E-state index contributed by atoms with van der Waals surface area (Å²) >= 11 is 1.52. The first-order valence-electron chi connectivity index (χ1n) is 12.8. The Kier molecular flexibility index (Phi) is 6.66. The zero-order chi connectivity index (χ0) is 27.8. The Balaban J connectivity index is 1.52. The number of ether oxygens (including phenoxy) is 2. The van der Waals surface area contributed by atoms with Gasteiger partial charge in [0.2, 0.25) is 0 Å². The summed E-state index contributed by atoms with van der Waals surface area (Å²) in [6, 6.07) is 27.1. The molecule has 4 aromatic carbocycles. The molecule has 4 aromatic rings. The molecule has 0 N–H and O–H groups in total. The second kappa shape index (κ2) is 10.4. The van der Waals surface area contributed by atoms with E-state index in [0.717, 1.165) is 37.9 Å². The number of nitrogens with zero attached hydrogens (tertiary/aromatic N) is 3. The van der Waals surface area contributed by atoms with E-state index in [-0.39, 0.29) is 24.8 Å². The van der Waals surface area contributed by atoms with Crippen LogP contribution in [-0.4, -0.2) is 30.9 Å². The molecule has 0 saturated heterocycles. The summed E-state index contributed by atoms with van der Waals surface area (Å²) in [5, 5.41) is 9.68. The van der Waals surface area contributed by atoms with Crippen LogP contribution in [0.25, 0.3) is 0 Å². The molecule has 0 aromatic heterocycles. The number of rotatable bonds is 7. The summed E-state index contributed by atoms with van der Waals surface area (Å²) in [6.45, 7) is 0.635. The lowest BCUT2D eigenvalue weighted by atomic mass is 10.1. The zero-order valence-corrected chi connectivity index (χ0v) is 22.8. The summed E-state index contributed by atoms with van der Waals surface area (Å²) in [7, 11) is 3.18. The number of anilines is 2. The lowest BCUT2D eigenvalue weighted by molar-refractivity contribution is 0.0640. The lowest BCUT2D eigenvalue weighted by Gasteiger charge is -2.36. The van der Waals surface area contributed by atoms with Crippen LogP contribution in [0.5, 0.6) is 11.5 Å². The molecule has 0 spiro atoms. The van der Waals surface area contributed by atoms with E-state index < -0.39 is 0 Å². The zero-order valence-electron chi connectivity index (χ0n) is 22.0. The van der Waals surface area contributed by atoms with Gasteiger partial charge in [-0.1, -0.05) is 54.2 Å². The number of carbonyl (C=O) groups is 2. The van der Waals surface area contributed by atoms with Crippen LogP contribution in [-0.2, 0) is 19.5 Å². The predicted molar refractivity (Wildman–Crippen MR) is 152 cm³/mol. The normalized spacial score (nSPS) is 13.4. The van der Waals surface area contributed by atoms with E-state index in [0.29, 0.717) is 29.2 Å². The first kappa shape index (κ1) is 25.5. The highest BCUT2D eigenvalue weighted by Crippen LogP contribution is 2.54. The number of hydrogen-bond acceptors (Lipinski definition) is 7. The molecule has 2 amide bonds. The predicted octanol–water partition coefficient (Wildman–Crippen LogP) is 6.37. The minimum absolute atomic E-state index is 0.0533. The molecular formula is C32H25N3O4S. The van der Waals surface area contributed by atoms with E-state index in [1.165, 1.54) is 16.7 Å². The average Bonchev–Trinajstić information content (AvgIpc) is 3.23. The summed E-state index contributed by atoms with van der Waals surface area (Å²) in [5.41, 5.74) is 5.34. The Morgan fingerprint density at radius 3 is 1.82 bits per heavy atom. The van der Waals surface area contributed by atoms with Crippen molar-refractivity contribution in [3.8, 4) is 17.6 Å². The van der Waals surface area contributed by atoms with Crippen molar-refractivity contribution in [3.63, 3.8) is 0 Å². The molecule has 198 valence electrons. The molecule has 8 heteroatoms. The van der Waals surface area contributed by atoms with E-state index in [2.05, 4.69) is 23.1 Å². The summed E-state index contributed by atoms with van der Waals surface area (Å²) in [4.78, 5) is 31.9. The van der Waals surface area contributed by atoms with Crippen molar-refractivity contribution in [2.24, 2.45) is 0 Å². The second-order valence-corrected chi connectivity index (χ2v) is 10.5. The van der Waals surface area contributed by atoms with Gasteiger partial charge in [0.05, 0.1) is 55.8 Å². The molecule has 0 aliphatic carbocycles. The first-order valence-corrected chi connectivity index (χ1v) is 13.6. The Labute approximate surface area is 236 Å². The van der Waals surface area contributed by atoms with Gasteiger partial charge in [-0.3, -0.25) is 14.5 Å². The van der Waals surface area contributed by atoms with Crippen LogP contribution >= 0.6 is 11.8 Å². The fourth-order valence-corrected chi connectivity index (χ4v) is 6.69. The molecule has 2 aliphatic heterocycles. The van der Waals surface area contributed by atoms with Crippen LogP contribution in [0.4, 0.5) is 11.4 Å². The van der Waals surface area contributed by atoms with Crippen LogP contribution in [0.2, 0.25) is 0 Å². The van der Waals surface area contributed by atoms with Gasteiger partial charge in [0.15, 0.2) is 0 Å². The van der Waals surface area contributed by atoms with Gasteiger partial charge < -0.3 is 14.4 Å². The van der Waals surface area contributed by atoms with Crippen LogP contribution in [0.3, 0.4) is 0 Å². The van der Waals surface area contributed by atoms with Gasteiger partial charge in [-0.05, 0) is 42.0 Å². The highest BCUT2D eigenvalue weighted by molar-refractivity contribution is 7.99. The largest absolute Gasteiger partial charge is 0.496 e. The van der Waals surface area contributed by atoms with E-state index in [1.807, 2.05) is 42.5 Å². The van der Waals surface area contributed by atoms with Crippen LogP contribution in [0.15, 0.2) is 88.7 Å². The first-order chi connectivity index (χ1) is 19.5. The standard InChI is InChI=1S/C32H25N3O4S/c1-38-27-14-12-25-29(23(27)16-17-33)40-30-24(19-35-31(36)21-10-6-7-11-22(21)32(35)37)28(39-2)15-13-26(30)34(25)18-20-8-4-3-5-9-20/h3-15H,16,18-19H2,1-2H3. The Morgan fingerprint density at radius 2 is 1.25 bits per heavy atom. The third-order valence-electron chi connectivity index (χ3n) is 7.25. The molecule has 2 heterocycles. The number of benzene rings is 4. The molecule has 6 rings (SSSR count). The Bertz CT molecular complexity index is 1660. The fraction of sp³-hybridized carbons (Fsp3) is 0.156. The summed E-state index contributed by atoms with van der Waals surface area (Å²) in [5.74, 6) is 0.570. The molecule has 0 radical (unpaired) electrons. The van der Waals surface area contributed by atoms with Gasteiger partial charge >= 0.3 is 0 Å². The van der Waals surface area contributed by atoms with Gasteiger partial charge in [-0.25, -0.2) is 0 Å². The second-order valence-electron chi connectivity index (χ2n) is 9.44. The maximum atomic E-state index is 13.3. The van der Waals surface area contributed by atoms with Crippen molar-refractivity contribution in [2.75, 3.05) is 19.1 Å². The van der Waals surface area contributed by atoms with Crippen molar-refractivity contribution < 1.29 is 19.1 Å². The van der Waals surface area contributed by atoms with Gasteiger partial charge in [0.25, 0.3) is 11.8 Å². The number of nitriles is 1. The molecule has 0 atom stereocenters. The topological polar surface area (TPSA) is 82.9 Å². The number of methoxy groups -OCH3 is 2. The number of hydrogen-bond donors (Lipinski definition) is 0. The van der Waals surface area contributed by atoms with Crippen molar-refractivity contribution >= 4 is 35.0 Å². The van der Waals surface area contributed by atoms with Crippen LogP contribution in [0, 0.1) is 11.3 Å². The van der Waals surface area contributed by atoms with Gasteiger partial charge in [-0.15, -0.1) is 0 Å². The minimum atomic E-state index is -0.325. The van der Waals surface area contributed by atoms with Gasteiger partial charge in [0, 0.05) is 27.5 Å². The quantitative estimate of drug-likeness (QED) is 0.249. The molecule has 40 heavy (non-hydrogen) atoms. The molecule has 7 nitrogen and oxygen atoms in total. The number of fused-ring (bicyclic) bond motifs is 3. The minimum Gasteiger partial charge on any atom is -0.496 e. The molecule has 0 fully saturated rings. The van der Waals surface area contributed by atoms with E-state index in [4.69, 9.17) is 9.47 Å². The monoisotopic (exact) mass is 547 g/mol. The molecule has 0 bridgehead atoms. The van der Waals surface area contributed by atoms with Gasteiger partial charge in [-0.2, -0.15) is 5.26 Å². The average molecular weight is 548 g/mol. The lowest BCUT2D eigenvalue weighted by Crippen LogP contribution is -2.30. The molecule has 0 saturated carbocycles. The van der Waals surface area contributed by atoms with Crippen LogP contribution < -0.4 is 14.4 Å². The SMILES string of the molecule is COc1ccc2c(c1CC#N)Sc1c(ccc(OC)c1CN1C(=O)c3ccccc3C1=O)N2Cc1ccccc1. The molecule has 2 aliphatic rings. The number of carbonyl (C=O) groups excluding carboxylic acids is 2. The molecular weight excluding hydrogens is 522 g/mol. The van der Waals surface area contributed by atoms with Crippen molar-refractivity contribution in [2.45, 2.75) is 29.3 Å². The Hall–Kier alpha value is -4.74. The van der Waals surface area contributed by atoms with Crippen molar-refractivity contribution in [1.82, 2.24) is 4.90 Å². The van der Waals surface area contributed by atoms with E-state index >= 15 is 0 Å². The number of amides is 2. The third kappa shape index (κ3) is 4.16. The third-order valence-corrected chi connectivity index (χ3v) is 8.57. The highest BCUT2D eigenvalue weighted by Gasteiger charge is 2.38. The van der Waals surface area contributed by atoms with Crippen LogP contribution in [0.1, 0.15) is 37.4 Å². The molecule has 0 unspecified atom stereocenters. The fourth-order valence-electron chi connectivity index (χ4n) is 5.34. The summed E-state index contributed by atoms with van der Waals surface area (Å²) < 4.78 is 11.4. The smallest absolute Gasteiger partial charge is 0.261 e. The maximum Gasteiger partial charge on any atom is 0.261 e. The van der Waals surface area contributed by atoms with E-state index in [1.54, 1.807) is 38.5 Å². The Morgan fingerprint density at radius 1 is 0.700 bits per heavy atom. The van der Waals surface area contributed by atoms with E-state index in [9.17, 15) is 14.9 Å². The summed E-state index contributed by atoms with van der Waals surface area (Å²) in [6.07, 6.45) is 0.172. The highest BCUT2D eigenvalue weighted by atomic mass is 32.2. The maximum absolute atomic E-state index is 13.3. The van der Waals surface area contributed by atoms with Crippen molar-refractivity contribution in [3.05, 3.63) is 107 Å². The van der Waals surface area contributed by atoms with Gasteiger partial charge in [0.1, 0.15) is 11.5 Å².